The number of rotatable bonds is 3. The molecule has 15 heavy (non-hydrogen) atoms. The van der Waals surface area contributed by atoms with Crippen LogP contribution in [0.4, 0.5) is 0 Å². The Morgan fingerprint density at radius 2 is 1.87 bits per heavy atom. The van der Waals surface area contributed by atoms with Crippen molar-refractivity contribution in [2.24, 2.45) is 5.92 Å². The average molecular weight is 243 g/mol. The minimum Gasteiger partial charge on any atom is -0.299 e. The summed E-state index contributed by atoms with van der Waals surface area (Å²) in [4.78, 5) is 11.8. The molecule has 0 unspecified atom stereocenters. The van der Waals surface area contributed by atoms with Crippen LogP contribution in [0.3, 0.4) is 0 Å². The topological polar surface area (TPSA) is 17.1 Å². The van der Waals surface area contributed by atoms with E-state index >= 15 is 0 Å². The van der Waals surface area contributed by atoms with Crippen molar-refractivity contribution >= 4 is 29.0 Å². The molecule has 1 nitrogen and oxygen atoms in total. The number of carbonyl (C=O) groups excluding carboxylic acids is 1. The monoisotopic (exact) mass is 242 g/mol. The zero-order chi connectivity index (χ0) is 10.8. The van der Waals surface area contributed by atoms with E-state index in [0.717, 1.165) is 18.4 Å². The number of carbonyl (C=O) groups is 1. The lowest BCUT2D eigenvalue weighted by atomic mass is 9.80. The van der Waals surface area contributed by atoms with Gasteiger partial charge in [-0.25, -0.2) is 0 Å². The van der Waals surface area contributed by atoms with E-state index in [4.69, 9.17) is 23.2 Å². The molecule has 1 aliphatic carbocycles. The quantitative estimate of drug-likeness (QED) is 0.786. The fraction of sp³-hybridized carbons (Fsp3) is 0.417. The zero-order valence-electron chi connectivity index (χ0n) is 8.30. The fourth-order valence-corrected chi connectivity index (χ4v) is 2.28. The van der Waals surface area contributed by atoms with Crippen molar-refractivity contribution in [2.75, 3.05) is 0 Å². The highest BCUT2D eigenvalue weighted by Crippen LogP contribution is 2.31. The van der Waals surface area contributed by atoms with Gasteiger partial charge in [0.15, 0.2) is 0 Å². The molecule has 2 rings (SSSR count). The first-order chi connectivity index (χ1) is 7.18. The van der Waals surface area contributed by atoms with Crippen LogP contribution in [-0.2, 0) is 11.2 Å². The van der Waals surface area contributed by atoms with Crippen LogP contribution in [0.2, 0.25) is 10.0 Å². The maximum Gasteiger partial charge on any atom is 0.140 e. The third-order valence-corrected chi connectivity index (χ3v) is 3.68. The minimum absolute atomic E-state index is 0.248. The van der Waals surface area contributed by atoms with Crippen molar-refractivity contribution in [3.8, 4) is 0 Å². The average Bonchev–Trinajstić information content (AvgIpc) is 2.08. The minimum atomic E-state index is 0.248. The van der Waals surface area contributed by atoms with Crippen molar-refractivity contribution in [1.29, 1.82) is 0 Å². The largest absolute Gasteiger partial charge is 0.299 e. The summed E-state index contributed by atoms with van der Waals surface area (Å²) in [6.45, 7) is 0. The normalized spacial score (nSPS) is 16.1. The molecule has 1 aromatic carbocycles. The molecule has 80 valence electrons. The fourth-order valence-electron chi connectivity index (χ4n) is 1.75. The predicted octanol–water partition coefficient (Wildman–Crippen LogP) is 3.91. The Morgan fingerprint density at radius 1 is 1.27 bits per heavy atom. The summed E-state index contributed by atoms with van der Waals surface area (Å²) in [7, 11) is 0. The van der Waals surface area contributed by atoms with Gasteiger partial charge < -0.3 is 0 Å². The van der Waals surface area contributed by atoms with Crippen molar-refractivity contribution in [1.82, 2.24) is 0 Å². The van der Waals surface area contributed by atoms with Gasteiger partial charge in [-0.3, -0.25) is 4.79 Å². The van der Waals surface area contributed by atoms with Gasteiger partial charge in [-0.2, -0.15) is 0 Å². The number of ketones is 1. The summed E-state index contributed by atoms with van der Waals surface area (Å²) in [6.07, 6.45) is 3.61. The molecule has 0 N–H and O–H groups in total. The summed E-state index contributed by atoms with van der Waals surface area (Å²) < 4.78 is 0. The van der Waals surface area contributed by atoms with Crippen LogP contribution < -0.4 is 0 Å². The Morgan fingerprint density at radius 3 is 2.33 bits per heavy atom. The molecule has 0 heterocycles. The Kier molecular flexibility index (Phi) is 3.32. The molecule has 3 heteroatoms. The van der Waals surface area contributed by atoms with Crippen LogP contribution in [0, 0.1) is 5.92 Å². The molecule has 0 spiro atoms. The van der Waals surface area contributed by atoms with Crippen LogP contribution >= 0.6 is 23.2 Å². The standard InChI is InChI=1S/C12H12Cl2O/c13-10-5-2-6-11(14)9(10)7-12(15)8-3-1-4-8/h2,5-6,8H,1,3-4,7H2. The molecule has 0 amide bonds. The molecule has 1 aliphatic rings. The van der Waals surface area contributed by atoms with E-state index < -0.39 is 0 Å². The van der Waals surface area contributed by atoms with Crippen molar-refractivity contribution < 1.29 is 4.79 Å². The van der Waals surface area contributed by atoms with Gasteiger partial charge in [-0.15, -0.1) is 0 Å². The van der Waals surface area contributed by atoms with Crippen LogP contribution in [0.5, 0.6) is 0 Å². The predicted molar refractivity (Wildman–Crippen MR) is 62.5 cm³/mol. The van der Waals surface area contributed by atoms with Gasteiger partial charge in [0, 0.05) is 22.4 Å². The first-order valence-corrected chi connectivity index (χ1v) is 5.89. The first kappa shape index (κ1) is 11.0. The molecular formula is C12H12Cl2O. The lowest BCUT2D eigenvalue weighted by molar-refractivity contribution is -0.124. The first-order valence-electron chi connectivity index (χ1n) is 5.14. The molecular weight excluding hydrogens is 231 g/mol. The maximum absolute atomic E-state index is 11.8. The van der Waals surface area contributed by atoms with Crippen LogP contribution in [-0.4, -0.2) is 5.78 Å². The van der Waals surface area contributed by atoms with Crippen LogP contribution in [0.15, 0.2) is 18.2 Å². The number of benzene rings is 1. The van der Waals surface area contributed by atoms with E-state index in [1.165, 1.54) is 6.42 Å². The third kappa shape index (κ3) is 2.35. The third-order valence-electron chi connectivity index (χ3n) is 2.97. The summed E-state index contributed by atoms with van der Waals surface area (Å²) in [5.41, 5.74) is 0.776. The van der Waals surface area contributed by atoms with Gasteiger partial charge >= 0.3 is 0 Å². The Bertz CT molecular complexity index is 363. The maximum atomic E-state index is 11.8. The second-order valence-corrected chi connectivity index (χ2v) is 4.79. The van der Waals surface area contributed by atoms with Gasteiger partial charge in [0.1, 0.15) is 5.78 Å². The summed E-state index contributed by atoms with van der Waals surface area (Å²) >= 11 is 12.0. The van der Waals surface area contributed by atoms with Crippen molar-refractivity contribution in [3.05, 3.63) is 33.8 Å². The smallest absolute Gasteiger partial charge is 0.140 e. The SMILES string of the molecule is O=C(Cc1c(Cl)cccc1Cl)C1CCC1. The molecule has 0 bridgehead atoms. The van der Waals surface area contributed by atoms with E-state index in [2.05, 4.69) is 0 Å². The second kappa shape index (κ2) is 4.54. The van der Waals surface area contributed by atoms with Crippen LogP contribution in [0.25, 0.3) is 0 Å². The van der Waals surface area contributed by atoms with E-state index in [1.807, 2.05) is 0 Å². The highest BCUT2D eigenvalue weighted by molar-refractivity contribution is 6.36. The van der Waals surface area contributed by atoms with Crippen molar-refractivity contribution in [3.63, 3.8) is 0 Å². The number of hydrogen-bond acceptors (Lipinski definition) is 1. The number of hydrogen-bond donors (Lipinski definition) is 0. The summed E-state index contributed by atoms with van der Waals surface area (Å²) in [5.74, 6) is 0.522. The van der Waals surface area contributed by atoms with Crippen molar-refractivity contribution in [2.45, 2.75) is 25.7 Å². The van der Waals surface area contributed by atoms with E-state index in [0.29, 0.717) is 16.5 Å². The van der Waals surface area contributed by atoms with Crippen LogP contribution in [0.1, 0.15) is 24.8 Å². The van der Waals surface area contributed by atoms with Gasteiger partial charge in [0.05, 0.1) is 0 Å². The number of Topliss-reactive ketones (excluding diaryl/α,β-unsaturated/α-hetero) is 1. The molecule has 0 radical (unpaired) electrons. The van der Waals surface area contributed by atoms with Gasteiger partial charge in [0.25, 0.3) is 0 Å². The second-order valence-electron chi connectivity index (χ2n) is 3.97. The van der Waals surface area contributed by atoms with E-state index in [-0.39, 0.29) is 11.7 Å². The summed E-state index contributed by atoms with van der Waals surface area (Å²) in [5, 5.41) is 1.19. The molecule has 0 aromatic heterocycles. The molecule has 0 saturated heterocycles. The van der Waals surface area contributed by atoms with Gasteiger partial charge in [-0.1, -0.05) is 35.7 Å². The molecule has 1 saturated carbocycles. The molecule has 1 fully saturated rings. The summed E-state index contributed by atoms with van der Waals surface area (Å²) in [6, 6.07) is 5.34. The number of halogens is 2. The Hall–Kier alpha value is -0.530. The molecule has 1 aromatic rings. The lowest BCUT2D eigenvalue weighted by Gasteiger charge is -2.24. The Balaban J connectivity index is 2.12. The van der Waals surface area contributed by atoms with Gasteiger partial charge in [-0.05, 0) is 30.5 Å². The lowest BCUT2D eigenvalue weighted by Crippen LogP contribution is -2.23. The van der Waals surface area contributed by atoms with E-state index in [1.54, 1.807) is 18.2 Å². The molecule has 0 aliphatic heterocycles. The van der Waals surface area contributed by atoms with E-state index in [9.17, 15) is 4.79 Å². The van der Waals surface area contributed by atoms with Gasteiger partial charge in [0.2, 0.25) is 0 Å². The highest BCUT2D eigenvalue weighted by Gasteiger charge is 2.25. The highest BCUT2D eigenvalue weighted by atomic mass is 35.5. The Labute approximate surface area is 99.4 Å². The zero-order valence-corrected chi connectivity index (χ0v) is 9.81. The molecule has 0 atom stereocenters.